The van der Waals surface area contributed by atoms with Gasteiger partial charge in [0.05, 0.1) is 6.20 Å². The lowest BCUT2D eigenvalue weighted by Gasteiger charge is -2.23. The second-order valence-electron chi connectivity index (χ2n) is 5.05. The van der Waals surface area contributed by atoms with E-state index in [1.807, 2.05) is 24.9 Å². The second-order valence-corrected chi connectivity index (χ2v) is 5.05. The van der Waals surface area contributed by atoms with Crippen molar-refractivity contribution in [3.63, 3.8) is 0 Å². The second kappa shape index (κ2) is 5.13. The molecule has 1 unspecified atom stereocenters. The van der Waals surface area contributed by atoms with E-state index in [0.717, 1.165) is 19.4 Å². The first-order valence-electron chi connectivity index (χ1n) is 6.77. The first-order valence-corrected chi connectivity index (χ1v) is 6.77. The Labute approximate surface area is 112 Å². The molecule has 2 aromatic heterocycles. The molecule has 0 aliphatic heterocycles. The minimum atomic E-state index is 0.404. The Morgan fingerprint density at radius 2 is 2.42 bits per heavy atom. The maximum atomic E-state index is 5.11. The van der Waals surface area contributed by atoms with Crippen molar-refractivity contribution >= 4 is 0 Å². The highest BCUT2D eigenvalue weighted by Crippen LogP contribution is 2.28. The van der Waals surface area contributed by atoms with Crippen LogP contribution in [0.2, 0.25) is 0 Å². The lowest BCUT2D eigenvalue weighted by atomic mass is 9.93. The minimum absolute atomic E-state index is 0.404. The number of rotatable bonds is 4. The van der Waals surface area contributed by atoms with E-state index in [1.54, 1.807) is 0 Å². The monoisotopic (exact) mass is 261 g/mol. The lowest BCUT2D eigenvalue weighted by Crippen LogP contribution is -2.27. The maximum absolute atomic E-state index is 5.11. The molecule has 0 bridgehead atoms. The first-order chi connectivity index (χ1) is 9.24. The van der Waals surface area contributed by atoms with Gasteiger partial charge in [-0.15, -0.1) is 0 Å². The van der Waals surface area contributed by atoms with E-state index in [1.165, 1.54) is 24.1 Å². The van der Waals surface area contributed by atoms with E-state index >= 15 is 0 Å². The summed E-state index contributed by atoms with van der Waals surface area (Å²) < 4.78 is 7.10. The first kappa shape index (κ1) is 12.3. The molecule has 1 aliphatic carbocycles. The average Bonchev–Trinajstić information content (AvgIpc) is 2.98. The molecule has 1 N–H and O–H groups in total. The smallest absolute Gasteiger partial charge is 0.227 e. The predicted molar refractivity (Wildman–Crippen MR) is 69.6 cm³/mol. The molecular formula is C13H19N5O. The van der Waals surface area contributed by atoms with E-state index in [-0.39, 0.29) is 0 Å². The van der Waals surface area contributed by atoms with Gasteiger partial charge >= 0.3 is 0 Å². The van der Waals surface area contributed by atoms with E-state index in [2.05, 4.69) is 20.6 Å². The summed E-state index contributed by atoms with van der Waals surface area (Å²) in [5.74, 6) is 1.40. The molecule has 0 radical (unpaired) electrons. The summed E-state index contributed by atoms with van der Waals surface area (Å²) >= 11 is 0. The highest BCUT2D eigenvalue weighted by molar-refractivity contribution is 5.24. The lowest BCUT2D eigenvalue weighted by molar-refractivity contribution is 0.365. The Morgan fingerprint density at radius 1 is 1.53 bits per heavy atom. The van der Waals surface area contributed by atoms with Crippen molar-refractivity contribution in [2.45, 2.75) is 38.6 Å². The van der Waals surface area contributed by atoms with Crippen LogP contribution in [0.3, 0.4) is 0 Å². The van der Waals surface area contributed by atoms with Gasteiger partial charge in [0, 0.05) is 37.3 Å². The molecule has 0 fully saturated rings. The van der Waals surface area contributed by atoms with Gasteiger partial charge in [-0.1, -0.05) is 5.16 Å². The largest absolute Gasteiger partial charge is 0.339 e. The van der Waals surface area contributed by atoms with E-state index in [9.17, 15) is 0 Å². The molecule has 3 rings (SSSR count). The zero-order valence-electron chi connectivity index (χ0n) is 11.4. The third kappa shape index (κ3) is 2.53. The third-order valence-electron chi connectivity index (χ3n) is 3.67. The van der Waals surface area contributed by atoms with E-state index in [4.69, 9.17) is 4.52 Å². The Bertz CT molecular complexity index is 559. The number of nitrogens with one attached hydrogen (secondary N) is 1. The van der Waals surface area contributed by atoms with Crippen molar-refractivity contribution in [2.24, 2.45) is 7.05 Å². The summed E-state index contributed by atoms with van der Waals surface area (Å²) in [5, 5.41) is 11.7. The molecule has 1 aliphatic rings. The Morgan fingerprint density at radius 3 is 3.21 bits per heavy atom. The fourth-order valence-electron chi connectivity index (χ4n) is 2.71. The number of nitrogens with zero attached hydrogens (tertiary/aromatic N) is 4. The summed E-state index contributed by atoms with van der Waals surface area (Å²) in [6.45, 7) is 2.68. The van der Waals surface area contributed by atoms with Crippen LogP contribution in [0.1, 0.15) is 41.9 Å². The summed E-state index contributed by atoms with van der Waals surface area (Å²) in [6.07, 6.45) is 6.27. The standard InChI is InChI=1S/C13H19N5O/c1-9-16-13(19-17-9)6-7-14-11-4-3-5-12-10(11)8-15-18(12)2/h8,11,14H,3-7H2,1-2H3. The molecule has 0 saturated heterocycles. The summed E-state index contributed by atoms with van der Waals surface area (Å²) in [6, 6.07) is 0.404. The van der Waals surface area contributed by atoms with Gasteiger partial charge in [-0.3, -0.25) is 4.68 Å². The summed E-state index contributed by atoms with van der Waals surface area (Å²) in [5.41, 5.74) is 2.70. The fourth-order valence-corrected chi connectivity index (χ4v) is 2.71. The van der Waals surface area contributed by atoms with Crippen molar-refractivity contribution in [3.8, 4) is 0 Å². The van der Waals surface area contributed by atoms with Crippen LogP contribution in [-0.4, -0.2) is 26.5 Å². The van der Waals surface area contributed by atoms with Crippen molar-refractivity contribution in [2.75, 3.05) is 6.54 Å². The molecule has 6 nitrogen and oxygen atoms in total. The Hall–Kier alpha value is -1.69. The summed E-state index contributed by atoms with van der Waals surface area (Å²) in [7, 11) is 2.02. The van der Waals surface area contributed by atoms with E-state index in [0.29, 0.717) is 17.8 Å². The zero-order chi connectivity index (χ0) is 13.2. The summed E-state index contributed by atoms with van der Waals surface area (Å²) in [4.78, 5) is 4.21. The van der Waals surface area contributed by atoms with E-state index < -0.39 is 0 Å². The van der Waals surface area contributed by atoms with Crippen LogP contribution in [0.5, 0.6) is 0 Å². The third-order valence-corrected chi connectivity index (χ3v) is 3.67. The molecule has 19 heavy (non-hydrogen) atoms. The van der Waals surface area contributed by atoms with Crippen molar-refractivity contribution < 1.29 is 4.52 Å². The Kier molecular flexibility index (Phi) is 3.33. The molecule has 102 valence electrons. The van der Waals surface area contributed by atoms with Crippen LogP contribution >= 0.6 is 0 Å². The molecule has 0 amide bonds. The molecule has 0 saturated carbocycles. The van der Waals surface area contributed by atoms with Gasteiger partial charge in [0.2, 0.25) is 5.89 Å². The normalized spacial score (nSPS) is 18.5. The molecule has 6 heteroatoms. The average molecular weight is 261 g/mol. The maximum Gasteiger partial charge on any atom is 0.227 e. The quantitative estimate of drug-likeness (QED) is 0.899. The minimum Gasteiger partial charge on any atom is -0.339 e. The topological polar surface area (TPSA) is 68.8 Å². The Balaban J connectivity index is 1.59. The molecular weight excluding hydrogens is 242 g/mol. The van der Waals surface area contributed by atoms with Crippen LogP contribution < -0.4 is 5.32 Å². The number of aromatic nitrogens is 4. The van der Waals surface area contributed by atoms with Gasteiger partial charge in [0.1, 0.15) is 0 Å². The van der Waals surface area contributed by atoms with Gasteiger partial charge < -0.3 is 9.84 Å². The van der Waals surface area contributed by atoms with Crippen LogP contribution in [0.4, 0.5) is 0 Å². The molecule has 0 spiro atoms. The van der Waals surface area contributed by atoms with Crippen molar-refractivity contribution in [1.82, 2.24) is 25.2 Å². The predicted octanol–water partition coefficient (Wildman–Crippen LogP) is 1.32. The van der Waals surface area contributed by atoms with Gasteiger partial charge in [-0.2, -0.15) is 10.1 Å². The van der Waals surface area contributed by atoms with Gasteiger partial charge in [0.15, 0.2) is 5.82 Å². The van der Waals surface area contributed by atoms with Crippen LogP contribution in [0.15, 0.2) is 10.7 Å². The van der Waals surface area contributed by atoms with Crippen molar-refractivity contribution in [3.05, 3.63) is 29.2 Å². The molecule has 0 aromatic carbocycles. The number of hydrogen-bond acceptors (Lipinski definition) is 5. The highest BCUT2D eigenvalue weighted by Gasteiger charge is 2.22. The van der Waals surface area contributed by atoms with Crippen molar-refractivity contribution in [1.29, 1.82) is 0 Å². The fraction of sp³-hybridized carbons (Fsp3) is 0.615. The molecule has 1 atom stereocenters. The van der Waals surface area contributed by atoms with Gasteiger partial charge in [-0.25, -0.2) is 0 Å². The van der Waals surface area contributed by atoms with Crippen LogP contribution in [0.25, 0.3) is 0 Å². The van der Waals surface area contributed by atoms with Crippen LogP contribution in [0, 0.1) is 6.92 Å². The SMILES string of the molecule is Cc1noc(CCNC2CCCc3c2cnn3C)n1. The van der Waals surface area contributed by atoms with Crippen LogP contribution in [-0.2, 0) is 19.9 Å². The number of aryl methyl sites for hydroxylation is 2. The number of fused-ring (bicyclic) bond motifs is 1. The molecule has 2 aromatic rings. The van der Waals surface area contributed by atoms with Gasteiger partial charge in [0.25, 0.3) is 0 Å². The van der Waals surface area contributed by atoms with Gasteiger partial charge in [-0.05, 0) is 26.2 Å². The molecule has 2 heterocycles. The number of hydrogen-bond donors (Lipinski definition) is 1. The highest BCUT2D eigenvalue weighted by atomic mass is 16.5. The zero-order valence-corrected chi connectivity index (χ0v) is 11.4.